The van der Waals surface area contributed by atoms with E-state index in [-0.39, 0.29) is 11.6 Å². The third-order valence-electron chi connectivity index (χ3n) is 2.26. The molecule has 0 atom stereocenters. The minimum atomic E-state index is -0.871. The van der Waals surface area contributed by atoms with Crippen LogP contribution in [0.3, 0.4) is 0 Å². The molecule has 19 heavy (non-hydrogen) atoms. The molecule has 6 nitrogen and oxygen atoms in total. The topological polar surface area (TPSA) is 77.3 Å². The molecule has 1 N–H and O–H groups in total. The average molecular weight is 263 g/mol. The van der Waals surface area contributed by atoms with Crippen LogP contribution in [-0.4, -0.2) is 22.1 Å². The summed E-state index contributed by atoms with van der Waals surface area (Å²) < 4.78 is 5.47. The van der Waals surface area contributed by atoms with Gasteiger partial charge in [0.05, 0.1) is 17.1 Å². The molecule has 0 aliphatic heterocycles. The molecule has 6 heteroatoms. The van der Waals surface area contributed by atoms with Crippen LogP contribution >= 0.6 is 0 Å². The molecule has 1 aromatic heterocycles. The summed E-state index contributed by atoms with van der Waals surface area (Å²) in [5, 5.41) is 13.9. The molecule has 0 aliphatic carbocycles. The number of nitrogens with zero attached hydrogens (tertiary/aromatic N) is 2. The predicted octanol–water partition coefficient (Wildman–Crippen LogP) is 2.60. The van der Waals surface area contributed by atoms with Crippen molar-refractivity contribution < 1.29 is 9.66 Å². The van der Waals surface area contributed by atoms with Crippen LogP contribution < -0.4 is 10.1 Å². The van der Waals surface area contributed by atoms with Crippen molar-refractivity contribution >= 4 is 11.5 Å². The molecule has 1 aromatic rings. The Morgan fingerprint density at radius 3 is 2.79 bits per heavy atom. The van der Waals surface area contributed by atoms with Crippen LogP contribution in [0.15, 0.2) is 12.1 Å². The first-order valence-electron chi connectivity index (χ1n) is 5.95. The summed E-state index contributed by atoms with van der Waals surface area (Å²) in [5.74, 6) is 2.99. The molecular formula is C13H17N3O3. The molecule has 102 valence electrons. The van der Waals surface area contributed by atoms with Crippen LogP contribution in [0, 0.1) is 22.5 Å². The summed E-state index contributed by atoms with van der Waals surface area (Å²) in [4.78, 5) is 14.5. The van der Waals surface area contributed by atoms with Gasteiger partial charge in [0.25, 0.3) is 5.69 Å². The second-order valence-corrected chi connectivity index (χ2v) is 4.49. The second-order valence-electron chi connectivity index (χ2n) is 4.49. The summed E-state index contributed by atoms with van der Waals surface area (Å²) in [6.45, 7) is 6.04. The number of hydrogen-bond acceptors (Lipinski definition) is 5. The van der Waals surface area contributed by atoms with E-state index in [2.05, 4.69) is 16.2 Å². The Labute approximate surface area is 112 Å². The van der Waals surface area contributed by atoms with Crippen LogP contribution in [0.1, 0.15) is 27.2 Å². The van der Waals surface area contributed by atoms with E-state index in [1.165, 1.54) is 12.1 Å². The highest BCUT2D eigenvalue weighted by Crippen LogP contribution is 2.24. The van der Waals surface area contributed by atoms with Crippen molar-refractivity contribution in [2.45, 2.75) is 32.8 Å². The van der Waals surface area contributed by atoms with E-state index in [0.29, 0.717) is 12.4 Å². The van der Waals surface area contributed by atoms with E-state index in [9.17, 15) is 10.1 Å². The first-order valence-corrected chi connectivity index (χ1v) is 5.95. The molecule has 0 fully saturated rings. The largest absolute Gasteiger partial charge is 0.458 e. The van der Waals surface area contributed by atoms with Gasteiger partial charge in [0.15, 0.2) is 5.60 Å². The first-order chi connectivity index (χ1) is 8.88. The fourth-order valence-electron chi connectivity index (χ4n) is 1.28. The molecular weight excluding hydrogens is 246 g/mol. The quantitative estimate of drug-likeness (QED) is 0.485. The number of nitro groups is 1. The Bertz CT molecular complexity index is 506. The standard InChI is InChI=1S/C13H17N3O3/c1-5-7-14-11-8-10(16(17)18)9-12(15-11)19-13(3,4)6-2/h2,8-9H,5,7H2,1,3-4H3,(H,14,15). The zero-order valence-corrected chi connectivity index (χ0v) is 11.3. The third kappa shape index (κ3) is 4.47. The van der Waals surface area contributed by atoms with Gasteiger partial charge in [-0.05, 0) is 20.3 Å². The lowest BCUT2D eigenvalue weighted by Crippen LogP contribution is -2.26. The van der Waals surface area contributed by atoms with Gasteiger partial charge >= 0.3 is 0 Å². The van der Waals surface area contributed by atoms with Gasteiger partial charge in [0.2, 0.25) is 5.88 Å². The van der Waals surface area contributed by atoms with Crippen molar-refractivity contribution in [3.63, 3.8) is 0 Å². The average Bonchev–Trinajstić information content (AvgIpc) is 2.35. The van der Waals surface area contributed by atoms with Gasteiger partial charge in [-0.2, -0.15) is 4.98 Å². The zero-order valence-electron chi connectivity index (χ0n) is 11.3. The highest BCUT2D eigenvalue weighted by atomic mass is 16.6. The van der Waals surface area contributed by atoms with Gasteiger partial charge in [-0.25, -0.2) is 0 Å². The first kappa shape index (κ1) is 14.8. The number of anilines is 1. The summed E-state index contributed by atoms with van der Waals surface area (Å²) in [6.07, 6.45) is 6.20. The van der Waals surface area contributed by atoms with Gasteiger partial charge in [-0.15, -0.1) is 6.42 Å². The molecule has 0 unspecified atom stereocenters. The predicted molar refractivity (Wildman–Crippen MR) is 73.2 cm³/mol. The van der Waals surface area contributed by atoms with Gasteiger partial charge in [0.1, 0.15) is 5.82 Å². The van der Waals surface area contributed by atoms with Crippen molar-refractivity contribution in [3.8, 4) is 18.2 Å². The number of rotatable bonds is 6. The molecule has 1 rings (SSSR count). The summed E-state index contributed by atoms with van der Waals surface area (Å²) in [6, 6.07) is 2.63. The molecule has 0 saturated carbocycles. The number of ether oxygens (including phenoxy) is 1. The van der Waals surface area contributed by atoms with Gasteiger partial charge in [0, 0.05) is 6.54 Å². The van der Waals surface area contributed by atoms with E-state index in [0.717, 1.165) is 6.42 Å². The van der Waals surface area contributed by atoms with Gasteiger partial charge < -0.3 is 10.1 Å². The molecule has 0 spiro atoms. The SMILES string of the molecule is C#CC(C)(C)Oc1cc([N+](=O)[O-])cc(NCCC)n1. The molecule has 0 radical (unpaired) electrons. The number of hydrogen-bond donors (Lipinski definition) is 1. The van der Waals surface area contributed by atoms with Crippen LogP contribution in [0.2, 0.25) is 0 Å². The Balaban J connectivity index is 3.06. The van der Waals surface area contributed by atoms with Crippen molar-refractivity contribution in [1.82, 2.24) is 4.98 Å². The maximum absolute atomic E-state index is 10.9. The lowest BCUT2D eigenvalue weighted by Gasteiger charge is -2.19. The normalized spacial score (nSPS) is 10.6. The number of pyridine rings is 1. The molecule has 0 saturated heterocycles. The Hall–Kier alpha value is -2.29. The maximum atomic E-state index is 10.9. The second kappa shape index (κ2) is 6.05. The Morgan fingerprint density at radius 2 is 2.26 bits per heavy atom. The minimum Gasteiger partial charge on any atom is -0.458 e. The van der Waals surface area contributed by atoms with Crippen molar-refractivity contribution in [2.75, 3.05) is 11.9 Å². The van der Waals surface area contributed by atoms with Crippen molar-refractivity contribution in [1.29, 1.82) is 0 Å². The van der Waals surface area contributed by atoms with Gasteiger partial charge in [-0.3, -0.25) is 10.1 Å². The smallest absolute Gasteiger partial charge is 0.278 e. The zero-order chi connectivity index (χ0) is 14.5. The highest BCUT2D eigenvalue weighted by molar-refractivity contribution is 5.48. The molecule has 0 aromatic carbocycles. The molecule has 0 bridgehead atoms. The minimum absolute atomic E-state index is 0.0866. The highest BCUT2D eigenvalue weighted by Gasteiger charge is 2.19. The Morgan fingerprint density at radius 1 is 1.58 bits per heavy atom. The van der Waals surface area contributed by atoms with E-state index >= 15 is 0 Å². The van der Waals surface area contributed by atoms with E-state index in [1.54, 1.807) is 13.8 Å². The van der Waals surface area contributed by atoms with Crippen LogP contribution in [0.5, 0.6) is 5.88 Å². The van der Waals surface area contributed by atoms with Crippen molar-refractivity contribution in [3.05, 3.63) is 22.2 Å². The van der Waals surface area contributed by atoms with E-state index < -0.39 is 10.5 Å². The maximum Gasteiger partial charge on any atom is 0.278 e. The van der Waals surface area contributed by atoms with Crippen LogP contribution in [-0.2, 0) is 0 Å². The molecule has 0 amide bonds. The molecule has 1 heterocycles. The molecule has 0 aliphatic rings. The summed E-state index contributed by atoms with van der Waals surface area (Å²) >= 11 is 0. The summed E-state index contributed by atoms with van der Waals surface area (Å²) in [7, 11) is 0. The monoisotopic (exact) mass is 263 g/mol. The van der Waals surface area contributed by atoms with Gasteiger partial charge in [-0.1, -0.05) is 12.8 Å². The third-order valence-corrected chi connectivity index (χ3v) is 2.26. The fraction of sp³-hybridized carbons (Fsp3) is 0.462. The Kier molecular flexibility index (Phi) is 4.70. The fourth-order valence-corrected chi connectivity index (χ4v) is 1.28. The number of nitrogens with one attached hydrogen (secondary N) is 1. The van der Waals surface area contributed by atoms with Crippen molar-refractivity contribution in [2.24, 2.45) is 0 Å². The lowest BCUT2D eigenvalue weighted by molar-refractivity contribution is -0.384. The number of terminal acetylenes is 1. The van der Waals surface area contributed by atoms with E-state index in [1.807, 2.05) is 6.92 Å². The van der Waals surface area contributed by atoms with E-state index in [4.69, 9.17) is 11.2 Å². The van der Waals surface area contributed by atoms with Crippen LogP contribution in [0.25, 0.3) is 0 Å². The number of aromatic nitrogens is 1. The summed E-state index contributed by atoms with van der Waals surface area (Å²) in [5.41, 5.74) is -0.957. The lowest BCUT2D eigenvalue weighted by atomic mass is 10.1. The van der Waals surface area contributed by atoms with Crippen LogP contribution in [0.4, 0.5) is 11.5 Å².